The van der Waals surface area contributed by atoms with Crippen LogP contribution < -0.4 is 9.80 Å². The molecule has 0 saturated carbocycles. The van der Waals surface area contributed by atoms with E-state index in [-0.39, 0.29) is 11.0 Å². The second-order valence-electron chi connectivity index (χ2n) is 22.1. The summed E-state index contributed by atoms with van der Waals surface area (Å²) in [7, 11) is -10.9. The first-order valence-electron chi connectivity index (χ1n) is 25.0. The molecule has 1 amide bonds. The van der Waals surface area contributed by atoms with E-state index < -0.39 is 63.9 Å². The van der Waals surface area contributed by atoms with Crippen LogP contribution >= 0.6 is 23.4 Å². The van der Waals surface area contributed by atoms with Gasteiger partial charge in [-0.1, -0.05) is 61.4 Å². The van der Waals surface area contributed by atoms with Crippen molar-refractivity contribution in [2.24, 2.45) is 5.41 Å². The zero-order chi connectivity index (χ0) is 53.1. The van der Waals surface area contributed by atoms with E-state index in [9.17, 15) is 26.4 Å². The number of ether oxygens (including phenoxy) is 1. The van der Waals surface area contributed by atoms with Crippen molar-refractivity contribution in [1.82, 2.24) is 14.1 Å². The van der Waals surface area contributed by atoms with Crippen LogP contribution in [0.5, 0.6) is 0 Å². The van der Waals surface area contributed by atoms with Gasteiger partial charge < -0.3 is 14.5 Å². The monoisotopic (exact) mass is 1090 g/mol. The van der Waals surface area contributed by atoms with Crippen molar-refractivity contribution in [3.63, 3.8) is 0 Å². The molecule has 0 N–H and O–H groups in total. The van der Waals surface area contributed by atoms with Crippen molar-refractivity contribution >= 4 is 66.1 Å². The Labute approximate surface area is 441 Å². The number of halogens is 4. The van der Waals surface area contributed by atoms with E-state index in [4.69, 9.17) is 16.3 Å². The zero-order valence-electron chi connectivity index (χ0n) is 43.3. The Kier molecular flexibility index (Phi) is 17.5. The summed E-state index contributed by atoms with van der Waals surface area (Å²) in [5.74, 6) is -0.511. The molecule has 3 aliphatic rings. The topological polar surface area (TPSA) is 111 Å². The van der Waals surface area contributed by atoms with Gasteiger partial charge in [0.2, 0.25) is 0 Å². The Morgan fingerprint density at radius 2 is 1.42 bits per heavy atom. The number of sulfonamides is 1. The fraction of sp³-hybridized carbons (Fsp3) is 0.509. The van der Waals surface area contributed by atoms with Crippen molar-refractivity contribution < 1.29 is 39.5 Å². The molecule has 11 nitrogen and oxygen atoms in total. The molecular weight excluding hydrogens is 1020 g/mol. The van der Waals surface area contributed by atoms with Crippen molar-refractivity contribution in [3.05, 3.63) is 119 Å². The van der Waals surface area contributed by atoms with Crippen LogP contribution in [0.25, 0.3) is 5.57 Å². The molecule has 398 valence electrons. The summed E-state index contributed by atoms with van der Waals surface area (Å²) in [4.78, 5) is 22.5. The van der Waals surface area contributed by atoms with Crippen LogP contribution in [0.1, 0.15) is 97.0 Å². The van der Waals surface area contributed by atoms with Crippen molar-refractivity contribution in [2.75, 3.05) is 81.1 Å². The number of amides is 1. The van der Waals surface area contributed by atoms with Crippen LogP contribution in [0, 0.1) is 5.41 Å². The minimum Gasteiger partial charge on any atom is -0.379 e. The smallest absolute Gasteiger partial charge is 0.379 e. The SMILES string of the molecule is CC1(C)CCC(c2ccc(Cl)cc2)=C(CN2CCN(c3ccc(C(=O)N(C(C)(C)C)S(=O)(=O)c4ccc(S(=O)(=O)C(F)(F)F)c(N([C@H](CCN5CCOCC5)CSc5ccccc5)C(C)(C)C)c4)cc3)CC2)C1. The molecule has 0 radical (unpaired) electrons. The van der Waals surface area contributed by atoms with Crippen LogP contribution in [-0.4, -0.2) is 131 Å². The Bertz CT molecular complexity index is 2800. The third-order valence-electron chi connectivity index (χ3n) is 13.9. The van der Waals surface area contributed by atoms with E-state index >= 15 is 8.42 Å². The third kappa shape index (κ3) is 13.7. The molecule has 0 aromatic heterocycles. The summed E-state index contributed by atoms with van der Waals surface area (Å²) in [5, 5.41) is 0.718. The largest absolute Gasteiger partial charge is 0.501 e. The molecule has 2 fully saturated rings. The predicted molar refractivity (Wildman–Crippen MR) is 289 cm³/mol. The molecule has 0 bridgehead atoms. The molecule has 4 aromatic carbocycles. The highest BCUT2D eigenvalue weighted by Gasteiger charge is 2.50. The van der Waals surface area contributed by atoms with Gasteiger partial charge in [0.05, 0.1) is 34.2 Å². The number of morpholine rings is 1. The van der Waals surface area contributed by atoms with Gasteiger partial charge in [0, 0.05) is 90.9 Å². The summed E-state index contributed by atoms with van der Waals surface area (Å²) >= 11 is 7.70. The normalized spacial score (nSPS) is 18.2. The number of thioether (sulfide) groups is 1. The maximum Gasteiger partial charge on any atom is 0.501 e. The summed E-state index contributed by atoms with van der Waals surface area (Å²) in [6.07, 6.45) is 3.56. The molecule has 1 atom stereocenters. The third-order valence-corrected chi connectivity index (χ3v) is 18.9. The number of sulfone groups is 1. The second kappa shape index (κ2) is 22.6. The Balaban J connectivity index is 1.17. The average molecular weight is 1090 g/mol. The summed E-state index contributed by atoms with van der Waals surface area (Å²) < 4.78 is 108. The fourth-order valence-electron chi connectivity index (χ4n) is 10.3. The molecule has 0 spiro atoms. The highest BCUT2D eigenvalue weighted by atomic mass is 35.5. The molecule has 0 unspecified atom stereocenters. The fourth-order valence-corrected chi connectivity index (χ4v) is 14.1. The number of alkyl halides is 3. The van der Waals surface area contributed by atoms with Gasteiger partial charge in [0.15, 0.2) is 0 Å². The lowest BCUT2D eigenvalue weighted by Crippen LogP contribution is -2.52. The van der Waals surface area contributed by atoms with Gasteiger partial charge in [0.25, 0.3) is 25.8 Å². The Morgan fingerprint density at radius 3 is 2.01 bits per heavy atom. The van der Waals surface area contributed by atoms with E-state index in [1.165, 1.54) is 28.5 Å². The van der Waals surface area contributed by atoms with Gasteiger partial charge in [-0.2, -0.15) is 13.2 Å². The average Bonchev–Trinajstić information content (AvgIpc) is 3.32. The van der Waals surface area contributed by atoms with Gasteiger partial charge >= 0.3 is 5.51 Å². The zero-order valence-corrected chi connectivity index (χ0v) is 46.5. The molecule has 2 saturated heterocycles. The lowest BCUT2D eigenvalue weighted by molar-refractivity contribution is -0.0436. The number of hydrogen-bond donors (Lipinski definition) is 0. The molecule has 4 aromatic rings. The van der Waals surface area contributed by atoms with E-state index in [1.807, 2.05) is 54.6 Å². The quantitative estimate of drug-likeness (QED) is 0.100. The molecular formula is C55H71ClF3N5O6S3. The van der Waals surface area contributed by atoms with E-state index in [2.05, 4.69) is 40.7 Å². The van der Waals surface area contributed by atoms with Crippen LogP contribution in [0.2, 0.25) is 5.02 Å². The first-order chi connectivity index (χ1) is 34.2. The first-order valence-corrected chi connectivity index (χ1v) is 29.3. The summed E-state index contributed by atoms with van der Waals surface area (Å²) in [5.41, 5.74) is -3.25. The van der Waals surface area contributed by atoms with Crippen LogP contribution in [0.3, 0.4) is 0 Å². The predicted octanol–water partition coefficient (Wildman–Crippen LogP) is 11.5. The number of allylic oxidation sites excluding steroid dienone is 1. The number of carbonyl (C=O) groups excluding carboxylic acids is 1. The molecule has 18 heteroatoms. The van der Waals surface area contributed by atoms with E-state index in [1.54, 1.807) is 58.6 Å². The van der Waals surface area contributed by atoms with Crippen molar-refractivity contribution in [2.45, 2.75) is 118 Å². The molecule has 7 rings (SSSR count). The molecule has 2 aliphatic heterocycles. The van der Waals surface area contributed by atoms with Gasteiger partial charge in [-0.05, 0) is 151 Å². The van der Waals surface area contributed by atoms with Gasteiger partial charge in [0.1, 0.15) is 0 Å². The lowest BCUT2D eigenvalue weighted by Gasteiger charge is -2.45. The van der Waals surface area contributed by atoms with Crippen molar-refractivity contribution in [3.8, 4) is 0 Å². The highest BCUT2D eigenvalue weighted by molar-refractivity contribution is 7.99. The maximum absolute atomic E-state index is 15.1. The number of rotatable bonds is 16. The van der Waals surface area contributed by atoms with Gasteiger partial charge in [-0.15, -0.1) is 11.8 Å². The number of anilines is 2. The Hall–Kier alpha value is -4.10. The Morgan fingerprint density at radius 1 is 0.795 bits per heavy atom. The molecule has 73 heavy (non-hydrogen) atoms. The number of piperazine rings is 1. The molecule has 1 aliphatic carbocycles. The number of carbonyl (C=O) groups is 1. The van der Waals surface area contributed by atoms with Gasteiger partial charge in [-0.25, -0.2) is 21.1 Å². The van der Waals surface area contributed by atoms with Crippen molar-refractivity contribution in [1.29, 1.82) is 0 Å². The van der Waals surface area contributed by atoms with Crippen LogP contribution in [-0.2, 0) is 24.6 Å². The van der Waals surface area contributed by atoms with Crippen LogP contribution in [0.15, 0.2) is 117 Å². The summed E-state index contributed by atoms with van der Waals surface area (Å²) in [6, 6.07) is 26.4. The summed E-state index contributed by atoms with van der Waals surface area (Å²) in [6.45, 7) is 21.5. The molecule has 2 heterocycles. The van der Waals surface area contributed by atoms with Crippen LogP contribution in [0.4, 0.5) is 24.5 Å². The van der Waals surface area contributed by atoms with E-state index in [0.29, 0.717) is 45.0 Å². The maximum atomic E-state index is 15.1. The standard InChI is InChI=1S/C55H71ClF3N5O6S3/c1-52(2,3)63(45(25-27-60-32-34-70-35-33-60)39-71-46-12-10-9-11-13-46)49-36-47(22-23-50(49)72(66,67)55(57,58)59)73(68,69)64(53(4,5)6)51(65)41-16-20-44(21-17-41)62-30-28-61(29-31-62)38-42-37-54(7,8)26-24-48(42)40-14-18-43(56)19-15-40/h9-23,36,45H,24-35,37-39H2,1-8H3/t45-/m1/s1. The highest BCUT2D eigenvalue weighted by Crippen LogP contribution is 2.44. The minimum absolute atomic E-state index is 0.0939. The number of nitrogens with zero attached hydrogens (tertiary/aromatic N) is 5. The number of benzene rings is 4. The van der Waals surface area contributed by atoms with E-state index in [0.717, 1.165) is 90.1 Å². The minimum atomic E-state index is -6.02. The first kappa shape index (κ1) is 56.6. The number of hydrogen-bond acceptors (Lipinski definition) is 11. The second-order valence-corrected chi connectivity index (χ2v) is 27.4. The van der Waals surface area contributed by atoms with Gasteiger partial charge in [-0.3, -0.25) is 14.6 Å². The lowest BCUT2D eigenvalue weighted by atomic mass is 9.73.